The molecular weight excluding hydrogens is 292 g/mol. The van der Waals surface area contributed by atoms with E-state index in [2.05, 4.69) is 29.5 Å². The molecule has 5 heteroatoms. The Bertz CT molecular complexity index is 316. The van der Waals surface area contributed by atoms with Gasteiger partial charge >= 0.3 is 5.97 Å². The first-order valence-corrected chi connectivity index (χ1v) is 12.3. The van der Waals surface area contributed by atoms with Crippen molar-refractivity contribution in [3.63, 3.8) is 0 Å². The molecule has 0 aliphatic carbocycles. The predicted octanol–water partition coefficient (Wildman–Crippen LogP) is 3.34. The molecule has 1 aliphatic heterocycles. The lowest BCUT2D eigenvalue weighted by Crippen LogP contribution is -2.57. The van der Waals surface area contributed by atoms with E-state index >= 15 is 0 Å². The Morgan fingerprint density at radius 1 is 1.05 bits per heavy atom. The van der Waals surface area contributed by atoms with Crippen molar-refractivity contribution in [3.8, 4) is 0 Å². The van der Waals surface area contributed by atoms with Gasteiger partial charge in [-0.3, -0.25) is 4.79 Å². The Morgan fingerprint density at radius 2 is 1.73 bits per heavy atom. The van der Waals surface area contributed by atoms with Gasteiger partial charge in [-0.15, -0.1) is 0 Å². The summed E-state index contributed by atoms with van der Waals surface area (Å²) in [5.41, 5.74) is 0. The quantitative estimate of drug-likeness (QED) is 0.350. The summed E-state index contributed by atoms with van der Waals surface area (Å²) in [4.78, 5) is 13.8. The molecule has 0 radical (unpaired) electrons. The lowest BCUT2D eigenvalue weighted by Gasteiger charge is -2.43. The van der Waals surface area contributed by atoms with Gasteiger partial charge < -0.3 is 14.2 Å². The van der Waals surface area contributed by atoms with Crippen molar-refractivity contribution in [1.29, 1.82) is 0 Å². The number of unbranched alkanes of at least 4 members (excludes halogenated alkanes) is 3. The van der Waals surface area contributed by atoms with Gasteiger partial charge in [0.2, 0.25) is 0 Å². The fourth-order valence-corrected chi connectivity index (χ4v) is 6.04. The zero-order valence-corrected chi connectivity index (χ0v) is 16.2. The molecule has 1 fully saturated rings. The standard InChI is InChI=1S/C17H36N2O2Si/c1-5-7-8-9-16-22(3,4)19-14-12-18(13-15-19)11-10-17(20)21-6-2/h5-16H2,1-4H3. The topological polar surface area (TPSA) is 32.8 Å². The van der Waals surface area contributed by atoms with Crippen LogP contribution >= 0.6 is 0 Å². The molecule has 130 valence electrons. The highest BCUT2D eigenvalue weighted by molar-refractivity contribution is 6.74. The van der Waals surface area contributed by atoms with Gasteiger partial charge in [0.25, 0.3) is 0 Å². The average Bonchev–Trinajstić information content (AvgIpc) is 2.50. The predicted molar refractivity (Wildman–Crippen MR) is 95.7 cm³/mol. The maximum atomic E-state index is 11.4. The summed E-state index contributed by atoms with van der Waals surface area (Å²) in [6.45, 7) is 15.1. The summed E-state index contributed by atoms with van der Waals surface area (Å²) >= 11 is 0. The highest BCUT2D eigenvalue weighted by Gasteiger charge is 2.31. The first-order valence-electron chi connectivity index (χ1n) is 9.12. The Kier molecular flexibility index (Phi) is 9.29. The smallest absolute Gasteiger partial charge is 0.307 e. The second-order valence-corrected chi connectivity index (χ2v) is 11.8. The molecule has 0 spiro atoms. The van der Waals surface area contributed by atoms with Crippen LogP contribution in [-0.4, -0.2) is 63.0 Å². The van der Waals surface area contributed by atoms with E-state index in [1.807, 2.05) is 6.92 Å². The van der Waals surface area contributed by atoms with Crippen LogP contribution in [0.15, 0.2) is 0 Å². The third-order valence-electron chi connectivity index (χ3n) is 4.81. The van der Waals surface area contributed by atoms with E-state index in [9.17, 15) is 4.79 Å². The van der Waals surface area contributed by atoms with E-state index in [0.717, 1.165) is 19.6 Å². The van der Waals surface area contributed by atoms with Crippen molar-refractivity contribution in [2.75, 3.05) is 39.3 Å². The lowest BCUT2D eigenvalue weighted by molar-refractivity contribution is -0.143. The van der Waals surface area contributed by atoms with Gasteiger partial charge in [-0.05, 0) is 13.0 Å². The molecule has 1 heterocycles. The van der Waals surface area contributed by atoms with Crippen molar-refractivity contribution in [2.24, 2.45) is 0 Å². The van der Waals surface area contributed by atoms with E-state index < -0.39 is 8.24 Å². The maximum absolute atomic E-state index is 11.4. The monoisotopic (exact) mass is 328 g/mol. The van der Waals surface area contributed by atoms with Crippen LogP contribution < -0.4 is 0 Å². The molecule has 0 unspecified atom stereocenters. The van der Waals surface area contributed by atoms with E-state index in [1.54, 1.807) is 0 Å². The number of carbonyl (C=O) groups is 1. The van der Waals surface area contributed by atoms with Gasteiger partial charge in [-0.25, -0.2) is 0 Å². The lowest BCUT2D eigenvalue weighted by atomic mass is 10.2. The first kappa shape index (κ1) is 19.7. The van der Waals surface area contributed by atoms with Gasteiger partial charge in [-0.2, -0.15) is 0 Å². The minimum atomic E-state index is -1.22. The summed E-state index contributed by atoms with van der Waals surface area (Å²) in [5, 5.41) is 0. The maximum Gasteiger partial charge on any atom is 0.307 e. The molecular formula is C17H36N2O2Si. The average molecular weight is 329 g/mol. The number of hydrogen-bond donors (Lipinski definition) is 0. The number of nitrogens with zero attached hydrogens (tertiary/aromatic N) is 2. The second kappa shape index (κ2) is 10.4. The van der Waals surface area contributed by atoms with Crippen LogP contribution in [0.1, 0.15) is 46.0 Å². The number of carbonyl (C=O) groups excluding carboxylic acids is 1. The van der Waals surface area contributed by atoms with Crippen LogP contribution in [-0.2, 0) is 9.53 Å². The molecule has 0 bridgehead atoms. The van der Waals surface area contributed by atoms with Gasteiger partial charge in [0, 0.05) is 32.7 Å². The summed E-state index contributed by atoms with van der Waals surface area (Å²) in [6, 6.07) is 1.43. The van der Waals surface area contributed by atoms with Crippen molar-refractivity contribution < 1.29 is 9.53 Å². The third kappa shape index (κ3) is 7.25. The van der Waals surface area contributed by atoms with Crippen molar-refractivity contribution in [2.45, 2.75) is 65.1 Å². The minimum Gasteiger partial charge on any atom is -0.466 e. The van der Waals surface area contributed by atoms with Crippen LogP contribution in [0.2, 0.25) is 19.1 Å². The summed E-state index contributed by atoms with van der Waals surface area (Å²) in [6.07, 6.45) is 6.03. The third-order valence-corrected chi connectivity index (χ3v) is 8.54. The summed E-state index contributed by atoms with van der Waals surface area (Å²) in [7, 11) is -1.22. The van der Waals surface area contributed by atoms with Crippen LogP contribution in [0.3, 0.4) is 0 Å². The number of hydrogen-bond acceptors (Lipinski definition) is 4. The zero-order valence-electron chi connectivity index (χ0n) is 15.2. The number of piperazine rings is 1. The molecule has 0 aromatic carbocycles. The van der Waals surface area contributed by atoms with E-state index in [-0.39, 0.29) is 5.97 Å². The molecule has 0 saturated carbocycles. The Labute approximate surface area is 138 Å². The zero-order chi connectivity index (χ0) is 16.4. The summed E-state index contributed by atoms with van der Waals surface area (Å²) in [5.74, 6) is -0.0597. The molecule has 1 rings (SSSR count). The highest BCUT2D eigenvalue weighted by atomic mass is 28.3. The number of rotatable bonds is 10. The minimum absolute atomic E-state index is 0.0597. The van der Waals surface area contributed by atoms with Crippen molar-refractivity contribution >= 4 is 14.2 Å². The molecule has 0 atom stereocenters. The molecule has 22 heavy (non-hydrogen) atoms. The van der Waals surface area contributed by atoms with Crippen molar-refractivity contribution in [3.05, 3.63) is 0 Å². The molecule has 4 nitrogen and oxygen atoms in total. The SMILES string of the molecule is CCCCCC[Si](C)(C)N1CCN(CCC(=O)OCC)CC1. The molecule has 1 saturated heterocycles. The van der Waals surface area contributed by atoms with E-state index in [0.29, 0.717) is 13.0 Å². The molecule has 0 amide bonds. The van der Waals surface area contributed by atoms with Gasteiger partial charge in [0.15, 0.2) is 0 Å². The second-order valence-electron chi connectivity index (χ2n) is 7.01. The molecule has 0 aromatic heterocycles. The molecule has 0 N–H and O–H groups in total. The highest BCUT2D eigenvalue weighted by Crippen LogP contribution is 2.21. The van der Waals surface area contributed by atoms with E-state index in [4.69, 9.17) is 4.74 Å². The number of esters is 1. The Balaban J connectivity index is 2.24. The summed E-state index contributed by atoms with van der Waals surface area (Å²) < 4.78 is 7.77. The Hall–Kier alpha value is -0.393. The number of ether oxygens (including phenoxy) is 1. The Morgan fingerprint density at radius 3 is 2.32 bits per heavy atom. The van der Waals surface area contributed by atoms with Crippen LogP contribution in [0.4, 0.5) is 0 Å². The normalized spacial score (nSPS) is 17.6. The fraction of sp³-hybridized carbons (Fsp3) is 0.941. The van der Waals surface area contributed by atoms with Gasteiger partial charge in [-0.1, -0.05) is 45.7 Å². The van der Waals surface area contributed by atoms with Gasteiger partial charge in [0.1, 0.15) is 8.24 Å². The van der Waals surface area contributed by atoms with E-state index in [1.165, 1.54) is 44.8 Å². The first-order chi connectivity index (χ1) is 10.5. The largest absolute Gasteiger partial charge is 0.466 e. The van der Waals surface area contributed by atoms with Crippen LogP contribution in [0.5, 0.6) is 0 Å². The van der Waals surface area contributed by atoms with Gasteiger partial charge in [0.05, 0.1) is 13.0 Å². The molecule has 0 aromatic rings. The van der Waals surface area contributed by atoms with Crippen LogP contribution in [0, 0.1) is 0 Å². The molecule has 1 aliphatic rings. The van der Waals surface area contributed by atoms with Crippen LogP contribution in [0.25, 0.3) is 0 Å². The fourth-order valence-electron chi connectivity index (χ4n) is 3.20. The van der Waals surface area contributed by atoms with Crippen molar-refractivity contribution in [1.82, 2.24) is 9.47 Å².